The average molecular weight is 292 g/mol. The van der Waals surface area contributed by atoms with E-state index in [-0.39, 0.29) is 23.7 Å². The van der Waals surface area contributed by atoms with E-state index in [1.54, 1.807) is 0 Å². The minimum Gasteiger partial charge on any atom is -0.465 e. The number of nitrogens with one attached hydrogen (secondary N) is 1. The van der Waals surface area contributed by atoms with Crippen LogP contribution in [0.25, 0.3) is 0 Å². The number of benzene rings is 1. The van der Waals surface area contributed by atoms with Gasteiger partial charge in [0.15, 0.2) is 5.82 Å². The average Bonchev–Trinajstić information content (AvgIpc) is 2.94. The second-order valence-corrected chi connectivity index (χ2v) is 4.28. The molecule has 1 aliphatic heterocycles. The van der Waals surface area contributed by atoms with Crippen molar-refractivity contribution in [1.29, 1.82) is 0 Å². The Morgan fingerprint density at radius 3 is 2.95 bits per heavy atom. The van der Waals surface area contributed by atoms with Crippen LogP contribution < -0.4 is 9.80 Å². The first kappa shape index (κ1) is 13.0. The Morgan fingerprint density at radius 2 is 2.29 bits per heavy atom. The lowest BCUT2D eigenvalue weighted by molar-refractivity contribution is -0.117. The number of carbonyl (C=O) groups excluding carboxylic acids is 1. The molecule has 10 heteroatoms. The number of H-pyrrole nitrogens is 1. The van der Waals surface area contributed by atoms with E-state index in [0.717, 1.165) is 6.07 Å². The van der Waals surface area contributed by atoms with E-state index in [1.807, 2.05) is 0 Å². The standard InChI is InChI=1S/C11H9FN6O3/c12-6-2-1-3-7-10(6)18(11(20)21)5-9(19)17(7)4-8-13-15-16-14-8/h1-3H,4-5H2,(H,20,21)(H,13,14,15,16). The number of amides is 2. The molecule has 2 amide bonds. The lowest BCUT2D eigenvalue weighted by Crippen LogP contribution is -2.48. The molecule has 0 saturated carbocycles. The molecule has 0 fully saturated rings. The molecule has 9 nitrogen and oxygen atoms in total. The highest BCUT2D eigenvalue weighted by Crippen LogP contribution is 2.36. The fourth-order valence-corrected chi connectivity index (χ4v) is 2.15. The summed E-state index contributed by atoms with van der Waals surface area (Å²) < 4.78 is 14.0. The van der Waals surface area contributed by atoms with E-state index in [2.05, 4.69) is 20.6 Å². The minimum atomic E-state index is -1.39. The number of rotatable bonds is 2. The zero-order chi connectivity index (χ0) is 15.0. The van der Waals surface area contributed by atoms with Gasteiger partial charge in [-0.15, -0.1) is 10.2 Å². The van der Waals surface area contributed by atoms with Crippen LogP contribution in [0.3, 0.4) is 0 Å². The second-order valence-electron chi connectivity index (χ2n) is 4.28. The number of aromatic nitrogens is 4. The number of hydrogen-bond acceptors (Lipinski definition) is 5. The molecule has 108 valence electrons. The van der Waals surface area contributed by atoms with Gasteiger partial charge in [0.05, 0.1) is 12.2 Å². The van der Waals surface area contributed by atoms with Crippen LogP contribution in [0.15, 0.2) is 18.2 Å². The van der Waals surface area contributed by atoms with Crippen molar-refractivity contribution in [3.63, 3.8) is 0 Å². The Hall–Kier alpha value is -3.04. The van der Waals surface area contributed by atoms with Gasteiger partial charge in [-0.3, -0.25) is 9.69 Å². The quantitative estimate of drug-likeness (QED) is 0.826. The van der Waals surface area contributed by atoms with Gasteiger partial charge in [-0.2, -0.15) is 5.21 Å². The van der Waals surface area contributed by atoms with Crippen LogP contribution in [0.2, 0.25) is 0 Å². The first-order chi connectivity index (χ1) is 10.1. The van der Waals surface area contributed by atoms with Crippen molar-refractivity contribution in [3.05, 3.63) is 29.8 Å². The first-order valence-electron chi connectivity index (χ1n) is 5.89. The third-order valence-corrected chi connectivity index (χ3v) is 3.04. The molecule has 0 atom stereocenters. The fraction of sp³-hybridized carbons (Fsp3) is 0.182. The van der Waals surface area contributed by atoms with Gasteiger partial charge in [0.1, 0.15) is 18.0 Å². The number of anilines is 2. The van der Waals surface area contributed by atoms with E-state index >= 15 is 0 Å². The Bertz CT molecular complexity index is 704. The molecule has 1 aromatic heterocycles. The van der Waals surface area contributed by atoms with Gasteiger partial charge in [0.25, 0.3) is 0 Å². The Balaban J connectivity index is 2.07. The number of para-hydroxylation sites is 1. The molecule has 0 aliphatic carbocycles. The summed E-state index contributed by atoms with van der Waals surface area (Å²) in [6.07, 6.45) is -1.39. The first-order valence-corrected chi connectivity index (χ1v) is 5.89. The van der Waals surface area contributed by atoms with Crippen LogP contribution >= 0.6 is 0 Å². The monoisotopic (exact) mass is 292 g/mol. The molecule has 0 unspecified atom stereocenters. The molecule has 3 rings (SSSR count). The van der Waals surface area contributed by atoms with Crippen LogP contribution in [0, 0.1) is 5.82 Å². The maximum absolute atomic E-state index is 14.0. The Morgan fingerprint density at radius 1 is 1.48 bits per heavy atom. The van der Waals surface area contributed by atoms with Crippen molar-refractivity contribution in [1.82, 2.24) is 20.6 Å². The summed E-state index contributed by atoms with van der Waals surface area (Å²) in [7, 11) is 0. The van der Waals surface area contributed by atoms with Crippen LogP contribution in [0.5, 0.6) is 0 Å². The molecule has 1 aromatic carbocycles. The number of carboxylic acid groups (broad SMARTS) is 1. The number of halogens is 1. The van der Waals surface area contributed by atoms with Gasteiger partial charge in [0.2, 0.25) is 5.91 Å². The topological polar surface area (TPSA) is 115 Å². The van der Waals surface area contributed by atoms with Gasteiger partial charge < -0.3 is 10.0 Å². The predicted molar refractivity (Wildman–Crippen MR) is 67.1 cm³/mol. The molecule has 2 heterocycles. The van der Waals surface area contributed by atoms with Gasteiger partial charge in [-0.1, -0.05) is 11.3 Å². The lowest BCUT2D eigenvalue weighted by Gasteiger charge is -2.34. The number of carbonyl (C=O) groups is 2. The summed E-state index contributed by atoms with van der Waals surface area (Å²) in [5, 5.41) is 22.2. The smallest absolute Gasteiger partial charge is 0.412 e. The molecule has 0 radical (unpaired) electrons. The van der Waals surface area contributed by atoms with Gasteiger partial charge in [-0.25, -0.2) is 9.18 Å². The Kier molecular flexibility index (Phi) is 2.97. The molecule has 1 aliphatic rings. The normalized spacial score (nSPS) is 14.2. The maximum atomic E-state index is 14.0. The molecule has 0 spiro atoms. The molecule has 2 N–H and O–H groups in total. The van der Waals surface area contributed by atoms with E-state index in [4.69, 9.17) is 5.11 Å². The second kappa shape index (κ2) is 4.81. The van der Waals surface area contributed by atoms with Crippen molar-refractivity contribution in [2.24, 2.45) is 0 Å². The number of fused-ring (bicyclic) bond motifs is 1. The van der Waals surface area contributed by atoms with Gasteiger partial charge in [0, 0.05) is 0 Å². The van der Waals surface area contributed by atoms with E-state index in [0.29, 0.717) is 4.90 Å². The highest BCUT2D eigenvalue weighted by molar-refractivity contribution is 6.09. The van der Waals surface area contributed by atoms with Crippen LogP contribution in [0.1, 0.15) is 5.82 Å². The molecule has 21 heavy (non-hydrogen) atoms. The largest absolute Gasteiger partial charge is 0.465 e. The number of hydrogen-bond donors (Lipinski definition) is 2. The van der Waals surface area contributed by atoms with Crippen molar-refractivity contribution >= 4 is 23.4 Å². The zero-order valence-corrected chi connectivity index (χ0v) is 10.5. The summed E-state index contributed by atoms with van der Waals surface area (Å²) in [6, 6.07) is 4.00. The van der Waals surface area contributed by atoms with Crippen molar-refractivity contribution in [2.45, 2.75) is 6.54 Å². The van der Waals surface area contributed by atoms with Crippen LogP contribution in [-0.2, 0) is 11.3 Å². The number of aromatic amines is 1. The minimum absolute atomic E-state index is 0.0285. The van der Waals surface area contributed by atoms with Crippen molar-refractivity contribution in [2.75, 3.05) is 16.3 Å². The molecule has 0 saturated heterocycles. The van der Waals surface area contributed by atoms with E-state index in [9.17, 15) is 14.0 Å². The highest BCUT2D eigenvalue weighted by atomic mass is 19.1. The van der Waals surface area contributed by atoms with Crippen LogP contribution in [0.4, 0.5) is 20.6 Å². The summed E-state index contributed by atoms with van der Waals surface area (Å²) in [5.74, 6) is -0.983. The lowest BCUT2D eigenvalue weighted by atomic mass is 10.1. The third kappa shape index (κ3) is 2.16. The fourth-order valence-electron chi connectivity index (χ4n) is 2.15. The van der Waals surface area contributed by atoms with E-state index < -0.39 is 24.4 Å². The maximum Gasteiger partial charge on any atom is 0.412 e. The summed E-state index contributed by atoms with van der Waals surface area (Å²) >= 11 is 0. The van der Waals surface area contributed by atoms with Crippen LogP contribution in [-0.4, -0.2) is 44.3 Å². The molecule has 2 aromatic rings. The zero-order valence-electron chi connectivity index (χ0n) is 10.5. The molecule has 0 bridgehead atoms. The van der Waals surface area contributed by atoms with Crippen molar-refractivity contribution < 1.29 is 19.1 Å². The van der Waals surface area contributed by atoms with Crippen molar-refractivity contribution in [3.8, 4) is 0 Å². The molecular formula is C11H9FN6O3. The predicted octanol–water partition coefficient (Wildman–Crippen LogP) is 0.370. The molecular weight excluding hydrogens is 283 g/mol. The summed E-state index contributed by atoms with van der Waals surface area (Å²) in [4.78, 5) is 25.2. The summed E-state index contributed by atoms with van der Waals surface area (Å²) in [6.45, 7) is -0.500. The number of tetrazole rings is 1. The summed E-state index contributed by atoms with van der Waals surface area (Å²) in [5.41, 5.74) is -0.00783. The van der Waals surface area contributed by atoms with Gasteiger partial charge >= 0.3 is 6.09 Å². The SMILES string of the molecule is O=C1CN(C(=O)O)c2c(F)cccc2N1Cc1nn[nH]n1. The highest BCUT2D eigenvalue weighted by Gasteiger charge is 2.35. The third-order valence-electron chi connectivity index (χ3n) is 3.04. The Labute approximate surface area is 117 Å². The number of nitrogens with zero attached hydrogens (tertiary/aromatic N) is 5. The van der Waals surface area contributed by atoms with Gasteiger partial charge in [-0.05, 0) is 12.1 Å². The van der Waals surface area contributed by atoms with E-state index in [1.165, 1.54) is 17.0 Å².